The molecule has 2 heterocycles. The average Bonchev–Trinajstić information content (AvgIpc) is 3.43. The van der Waals surface area contributed by atoms with Crippen molar-refractivity contribution < 1.29 is 24.2 Å². The van der Waals surface area contributed by atoms with Crippen molar-refractivity contribution in [1.82, 2.24) is 4.90 Å². The maximum atomic E-state index is 13.0. The highest BCUT2D eigenvalue weighted by Gasteiger charge is 2.56. The standard InChI is InChI=1S/C31H35NO5/c1-3-7-20(16-21-10-13-23(33)14-11-21)12-15-27-28-22(18-36-24-8-5-4-6-9-24)17-25-29(26(28)19-37-27)31(35)32(2)30(25)34/h4-6,8-11,13-14,16,25-27,29,33H,3,7,12,15,17-19H2,1-2H3/b20-16+/t25-,26+,27-,29-/m1/s1. The number of allylic oxidation sites excluding steroid dienone is 1. The third-order valence-corrected chi connectivity index (χ3v) is 7.95. The van der Waals surface area contributed by atoms with Crippen molar-refractivity contribution in [3.8, 4) is 11.5 Å². The molecule has 0 saturated carbocycles. The Morgan fingerprint density at radius 3 is 2.54 bits per heavy atom. The van der Waals surface area contributed by atoms with Crippen LogP contribution in [0.1, 0.15) is 44.6 Å². The number of ether oxygens (including phenoxy) is 2. The van der Waals surface area contributed by atoms with Crippen LogP contribution in [0.4, 0.5) is 0 Å². The summed E-state index contributed by atoms with van der Waals surface area (Å²) >= 11 is 0. The SMILES string of the molecule is CCC/C(=C\c1ccc(O)cc1)CC[C@H]1OC[C@H]2C1=C(COc1ccccc1)C[C@H]1C(=O)N(C)C(=O)[C@H]12. The van der Waals surface area contributed by atoms with Crippen LogP contribution in [0.25, 0.3) is 6.08 Å². The fourth-order valence-corrected chi connectivity index (χ4v) is 6.16. The first-order chi connectivity index (χ1) is 18.0. The van der Waals surface area contributed by atoms with Crippen LogP contribution in [0.3, 0.4) is 0 Å². The Balaban J connectivity index is 1.39. The minimum atomic E-state index is -0.333. The Morgan fingerprint density at radius 2 is 1.81 bits per heavy atom. The Morgan fingerprint density at radius 1 is 1.05 bits per heavy atom. The molecule has 194 valence electrons. The number of hydrogen-bond acceptors (Lipinski definition) is 5. The average molecular weight is 502 g/mol. The summed E-state index contributed by atoms with van der Waals surface area (Å²) in [6.07, 6.45) is 6.39. The summed E-state index contributed by atoms with van der Waals surface area (Å²) in [5.41, 5.74) is 4.69. The van der Waals surface area contributed by atoms with Crippen molar-refractivity contribution in [2.24, 2.45) is 17.8 Å². The minimum absolute atomic E-state index is 0.0739. The van der Waals surface area contributed by atoms with Gasteiger partial charge in [0.15, 0.2) is 0 Å². The van der Waals surface area contributed by atoms with Gasteiger partial charge in [-0.1, -0.05) is 55.3 Å². The van der Waals surface area contributed by atoms with E-state index in [0.717, 1.165) is 42.6 Å². The number of carbonyl (C=O) groups is 2. The normalized spacial score (nSPS) is 25.5. The largest absolute Gasteiger partial charge is 0.508 e. The number of amides is 2. The molecule has 4 atom stereocenters. The van der Waals surface area contributed by atoms with Gasteiger partial charge < -0.3 is 14.6 Å². The van der Waals surface area contributed by atoms with Crippen molar-refractivity contribution in [2.75, 3.05) is 20.3 Å². The molecule has 2 aromatic carbocycles. The van der Waals surface area contributed by atoms with Crippen molar-refractivity contribution in [1.29, 1.82) is 0 Å². The van der Waals surface area contributed by atoms with Crippen LogP contribution < -0.4 is 4.74 Å². The van der Waals surface area contributed by atoms with Gasteiger partial charge in [-0.2, -0.15) is 0 Å². The molecule has 6 heteroatoms. The Bertz CT molecular complexity index is 1200. The van der Waals surface area contributed by atoms with E-state index in [-0.39, 0.29) is 41.4 Å². The maximum absolute atomic E-state index is 13.0. The number of fused-ring (bicyclic) bond motifs is 3. The zero-order valence-electron chi connectivity index (χ0n) is 21.6. The van der Waals surface area contributed by atoms with E-state index >= 15 is 0 Å². The molecule has 1 aliphatic carbocycles. The first-order valence-corrected chi connectivity index (χ1v) is 13.3. The number of rotatable bonds is 9. The Labute approximate surface area is 218 Å². The summed E-state index contributed by atoms with van der Waals surface area (Å²) in [5.74, 6) is 0.153. The molecule has 37 heavy (non-hydrogen) atoms. The molecule has 0 unspecified atom stereocenters. The lowest BCUT2D eigenvalue weighted by atomic mass is 9.69. The van der Waals surface area contributed by atoms with Crippen LogP contribution in [0.5, 0.6) is 11.5 Å². The van der Waals surface area contributed by atoms with Gasteiger partial charge >= 0.3 is 0 Å². The van der Waals surface area contributed by atoms with Crippen LogP contribution in [0, 0.1) is 17.8 Å². The van der Waals surface area contributed by atoms with E-state index in [2.05, 4.69) is 13.0 Å². The van der Waals surface area contributed by atoms with E-state index < -0.39 is 0 Å². The number of aromatic hydroxyl groups is 1. The Kier molecular flexibility index (Phi) is 7.47. The van der Waals surface area contributed by atoms with Gasteiger partial charge in [0, 0.05) is 13.0 Å². The number of phenols is 1. The van der Waals surface area contributed by atoms with Gasteiger partial charge in [-0.15, -0.1) is 0 Å². The zero-order valence-corrected chi connectivity index (χ0v) is 21.6. The summed E-state index contributed by atoms with van der Waals surface area (Å²) in [5, 5.41) is 9.61. The number of nitrogens with zero attached hydrogens (tertiary/aromatic N) is 1. The Hall–Kier alpha value is -3.38. The fraction of sp³-hybridized carbons (Fsp3) is 0.419. The number of imide groups is 1. The molecule has 1 N–H and O–H groups in total. The van der Waals surface area contributed by atoms with Crippen LogP contribution >= 0.6 is 0 Å². The highest BCUT2D eigenvalue weighted by atomic mass is 16.5. The highest BCUT2D eigenvalue weighted by Crippen LogP contribution is 2.49. The lowest BCUT2D eigenvalue weighted by Crippen LogP contribution is -2.35. The van der Waals surface area contributed by atoms with E-state index in [4.69, 9.17) is 9.47 Å². The minimum Gasteiger partial charge on any atom is -0.508 e. The number of carbonyl (C=O) groups excluding carboxylic acids is 2. The predicted molar refractivity (Wildman–Crippen MR) is 142 cm³/mol. The molecule has 5 rings (SSSR count). The van der Waals surface area contributed by atoms with Gasteiger partial charge in [-0.25, -0.2) is 0 Å². The van der Waals surface area contributed by atoms with Gasteiger partial charge in [0.1, 0.15) is 18.1 Å². The van der Waals surface area contributed by atoms with Crippen molar-refractivity contribution in [3.05, 3.63) is 76.9 Å². The number of phenolic OH excluding ortho intramolecular Hbond substituents is 1. The second-order valence-corrected chi connectivity index (χ2v) is 10.3. The molecule has 0 spiro atoms. The second kappa shape index (κ2) is 10.9. The first-order valence-electron chi connectivity index (χ1n) is 13.3. The molecule has 3 aliphatic rings. The molecular weight excluding hydrogens is 466 g/mol. The zero-order chi connectivity index (χ0) is 25.9. The van der Waals surface area contributed by atoms with Crippen LogP contribution in [-0.2, 0) is 14.3 Å². The summed E-state index contributed by atoms with van der Waals surface area (Å²) < 4.78 is 12.5. The molecule has 2 amide bonds. The summed E-state index contributed by atoms with van der Waals surface area (Å²) in [6.45, 7) is 3.04. The van der Waals surface area contributed by atoms with Gasteiger partial charge in [-0.3, -0.25) is 14.5 Å². The van der Waals surface area contributed by atoms with Crippen molar-refractivity contribution >= 4 is 17.9 Å². The van der Waals surface area contributed by atoms with Gasteiger partial charge in [0.25, 0.3) is 0 Å². The number of hydrogen-bond donors (Lipinski definition) is 1. The third kappa shape index (κ3) is 5.21. The quantitative estimate of drug-likeness (QED) is 0.369. The van der Waals surface area contributed by atoms with Gasteiger partial charge in [-0.05, 0) is 66.7 Å². The summed E-state index contributed by atoms with van der Waals surface area (Å²) in [7, 11) is 1.60. The number of likely N-dealkylation sites (tertiary alicyclic amines) is 1. The van der Waals surface area contributed by atoms with Gasteiger partial charge in [0.2, 0.25) is 11.8 Å². The lowest BCUT2D eigenvalue weighted by molar-refractivity contribution is -0.138. The lowest BCUT2D eigenvalue weighted by Gasteiger charge is -2.32. The molecule has 0 aromatic heterocycles. The topological polar surface area (TPSA) is 76.1 Å². The van der Waals surface area contributed by atoms with Crippen LogP contribution in [0.15, 0.2) is 71.3 Å². The van der Waals surface area contributed by atoms with Crippen molar-refractivity contribution in [2.45, 2.75) is 45.1 Å². The fourth-order valence-electron chi connectivity index (χ4n) is 6.16. The van der Waals surface area contributed by atoms with E-state index in [9.17, 15) is 14.7 Å². The first kappa shape index (κ1) is 25.3. The molecule has 2 saturated heterocycles. The summed E-state index contributed by atoms with van der Waals surface area (Å²) in [4.78, 5) is 27.2. The monoisotopic (exact) mass is 501 g/mol. The molecule has 2 aromatic rings. The van der Waals surface area contributed by atoms with E-state index in [1.165, 1.54) is 16.0 Å². The van der Waals surface area contributed by atoms with Crippen LogP contribution in [0.2, 0.25) is 0 Å². The van der Waals surface area contributed by atoms with E-state index in [1.807, 2.05) is 42.5 Å². The molecule has 2 aliphatic heterocycles. The predicted octanol–water partition coefficient (Wildman–Crippen LogP) is 5.38. The van der Waals surface area contributed by atoms with Crippen molar-refractivity contribution in [3.63, 3.8) is 0 Å². The number of para-hydroxylation sites is 1. The smallest absolute Gasteiger partial charge is 0.233 e. The molecular formula is C31H35NO5. The van der Waals surface area contributed by atoms with E-state index in [1.54, 1.807) is 19.2 Å². The second-order valence-electron chi connectivity index (χ2n) is 10.3. The molecule has 0 bridgehead atoms. The maximum Gasteiger partial charge on any atom is 0.233 e. The van der Waals surface area contributed by atoms with Gasteiger partial charge in [0.05, 0.1) is 24.5 Å². The molecule has 6 nitrogen and oxygen atoms in total. The number of benzene rings is 2. The van der Waals surface area contributed by atoms with Crippen LogP contribution in [-0.4, -0.2) is 48.2 Å². The molecule has 2 fully saturated rings. The summed E-state index contributed by atoms with van der Waals surface area (Å²) in [6, 6.07) is 17.0. The van der Waals surface area contributed by atoms with E-state index in [0.29, 0.717) is 19.6 Å². The third-order valence-electron chi connectivity index (χ3n) is 7.95. The molecule has 0 radical (unpaired) electrons. The highest BCUT2D eigenvalue weighted by molar-refractivity contribution is 6.05.